The van der Waals surface area contributed by atoms with E-state index in [1.54, 1.807) is 7.11 Å². The van der Waals surface area contributed by atoms with Crippen LogP contribution in [0.5, 0.6) is 0 Å². The Bertz CT molecular complexity index is 388. The van der Waals surface area contributed by atoms with E-state index in [9.17, 15) is 0 Å². The Labute approximate surface area is 115 Å². The Balaban J connectivity index is 2.80. The molecule has 1 heterocycles. The number of nitrogens with zero attached hydrogens (tertiary/aromatic N) is 2. The predicted octanol–water partition coefficient (Wildman–Crippen LogP) is 2.63. The van der Waals surface area contributed by atoms with Crippen molar-refractivity contribution in [1.82, 2.24) is 15.1 Å². The third-order valence-corrected chi connectivity index (χ3v) is 3.37. The van der Waals surface area contributed by atoms with Gasteiger partial charge in [0.1, 0.15) is 0 Å². The molecule has 0 amide bonds. The highest BCUT2D eigenvalue weighted by atomic mass is 35.5. The maximum absolute atomic E-state index is 6.36. The number of ether oxygens (including phenoxy) is 1. The van der Waals surface area contributed by atoms with Gasteiger partial charge in [0.25, 0.3) is 0 Å². The molecule has 18 heavy (non-hydrogen) atoms. The van der Waals surface area contributed by atoms with Crippen LogP contribution in [0.2, 0.25) is 5.02 Å². The largest absolute Gasteiger partial charge is 0.383 e. The van der Waals surface area contributed by atoms with Crippen molar-refractivity contribution in [3.8, 4) is 0 Å². The molecule has 0 spiro atoms. The van der Waals surface area contributed by atoms with E-state index < -0.39 is 0 Å². The van der Waals surface area contributed by atoms with Crippen LogP contribution >= 0.6 is 11.6 Å². The fourth-order valence-electron chi connectivity index (χ4n) is 1.92. The Hall–Kier alpha value is -0.580. The van der Waals surface area contributed by atoms with Gasteiger partial charge in [0.05, 0.1) is 23.0 Å². The van der Waals surface area contributed by atoms with E-state index in [-0.39, 0.29) is 5.54 Å². The fourth-order valence-corrected chi connectivity index (χ4v) is 2.26. The third-order valence-electron chi connectivity index (χ3n) is 2.93. The highest BCUT2D eigenvalue weighted by molar-refractivity contribution is 6.31. The van der Waals surface area contributed by atoms with Gasteiger partial charge in [-0.25, -0.2) is 0 Å². The highest BCUT2D eigenvalue weighted by Crippen LogP contribution is 2.22. The standard InChI is InChI=1S/C13H24ClN3O/c1-6-10-12(14)11(17(7-2)16-10)8-15-13(3,4)9-18-5/h15H,6-9H2,1-5H3. The lowest BCUT2D eigenvalue weighted by molar-refractivity contribution is 0.127. The molecule has 1 rings (SSSR count). The first-order valence-corrected chi connectivity index (χ1v) is 6.81. The van der Waals surface area contributed by atoms with E-state index in [4.69, 9.17) is 16.3 Å². The van der Waals surface area contributed by atoms with Crippen molar-refractivity contribution >= 4 is 11.6 Å². The summed E-state index contributed by atoms with van der Waals surface area (Å²) in [6.07, 6.45) is 0.861. The zero-order chi connectivity index (χ0) is 13.8. The molecule has 1 N–H and O–H groups in total. The van der Waals surface area contributed by atoms with Gasteiger partial charge in [-0.05, 0) is 27.2 Å². The number of hydrogen-bond acceptors (Lipinski definition) is 3. The quantitative estimate of drug-likeness (QED) is 0.830. The summed E-state index contributed by atoms with van der Waals surface area (Å²) < 4.78 is 7.16. The minimum atomic E-state index is -0.0761. The first kappa shape index (κ1) is 15.5. The lowest BCUT2D eigenvalue weighted by Gasteiger charge is -2.25. The van der Waals surface area contributed by atoms with Crippen LogP contribution in [0.1, 0.15) is 39.1 Å². The van der Waals surface area contributed by atoms with Crippen LogP contribution in [-0.2, 0) is 24.2 Å². The second kappa shape index (κ2) is 6.55. The molecule has 0 radical (unpaired) electrons. The number of methoxy groups -OCH3 is 1. The summed E-state index contributed by atoms with van der Waals surface area (Å²) in [5, 5.41) is 8.76. The first-order valence-electron chi connectivity index (χ1n) is 6.43. The summed E-state index contributed by atoms with van der Waals surface area (Å²) in [7, 11) is 1.71. The second-order valence-electron chi connectivity index (χ2n) is 5.05. The van der Waals surface area contributed by atoms with Gasteiger partial charge in [0.15, 0.2) is 0 Å². The predicted molar refractivity (Wildman–Crippen MR) is 75.1 cm³/mol. The Morgan fingerprint density at radius 1 is 1.39 bits per heavy atom. The molecule has 0 aliphatic carbocycles. The molecule has 0 bridgehead atoms. The topological polar surface area (TPSA) is 39.1 Å². The number of aromatic nitrogens is 2. The zero-order valence-electron chi connectivity index (χ0n) is 12.0. The van der Waals surface area contributed by atoms with E-state index >= 15 is 0 Å². The molecule has 0 unspecified atom stereocenters. The Kier molecular flexibility index (Phi) is 5.63. The molecular weight excluding hydrogens is 250 g/mol. The lowest BCUT2D eigenvalue weighted by Crippen LogP contribution is -2.43. The van der Waals surface area contributed by atoms with Gasteiger partial charge in [-0.2, -0.15) is 5.10 Å². The van der Waals surface area contributed by atoms with Gasteiger partial charge in [0.2, 0.25) is 0 Å². The summed E-state index contributed by atoms with van der Waals surface area (Å²) in [5.41, 5.74) is 1.95. The summed E-state index contributed by atoms with van der Waals surface area (Å²) in [5.74, 6) is 0. The minimum absolute atomic E-state index is 0.0761. The van der Waals surface area contributed by atoms with Gasteiger partial charge < -0.3 is 10.1 Å². The molecule has 1 aromatic heterocycles. The van der Waals surface area contributed by atoms with Crippen LogP contribution in [-0.4, -0.2) is 29.0 Å². The number of rotatable bonds is 7. The molecule has 1 aromatic rings. The van der Waals surface area contributed by atoms with Crippen molar-refractivity contribution in [3.05, 3.63) is 16.4 Å². The number of hydrogen-bond donors (Lipinski definition) is 1. The molecule has 104 valence electrons. The van der Waals surface area contributed by atoms with Crippen LogP contribution < -0.4 is 5.32 Å². The maximum Gasteiger partial charge on any atom is 0.0863 e. The van der Waals surface area contributed by atoms with Crippen molar-refractivity contribution in [2.24, 2.45) is 0 Å². The van der Waals surface area contributed by atoms with Crippen molar-refractivity contribution in [1.29, 1.82) is 0 Å². The molecule has 0 fully saturated rings. The van der Waals surface area contributed by atoms with Crippen LogP contribution in [0.25, 0.3) is 0 Å². The molecule has 0 aliphatic heterocycles. The number of aryl methyl sites for hydroxylation is 2. The SMILES string of the molecule is CCc1nn(CC)c(CNC(C)(C)COC)c1Cl. The lowest BCUT2D eigenvalue weighted by atomic mass is 10.1. The molecule has 0 aromatic carbocycles. The van der Waals surface area contributed by atoms with Crippen LogP contribution in [0, 0.1) is 0 Å². The summed E-state index contributed by atoms with van der Waals surface area (Å²) in [6.45, 7) is 10.6. The maximum atomic E-state index is 6.36. The normalized spacial score (nSPS) is 12.1. The molecule has 0 atom stereocenters. The van der Waals surface area contributed by atoms with Crippen molar-refractivity contribution in [3.63, 3.8) is 0 Å². The van der Waals surface area contributed by atoms with Gasteiger partial charge in [-0.1, -0.05) is 18.5 Å². The Morgan fingerprint density at radius 2 is 2.06 bits per heavy atom. The highest BCUT2D eigenvalue weighted by Gasteiger charge is 2.20. The van der Waals surface area contributed by atoms with Crippen molar-refractivity contribution in [2.45, 2.75) is 52.7 Å². The van der Waals surface area contributed by atoms with E-state index in [1.807, 2.05) is 4.68 Å². The average Bonchev–Trinajstić information content (AvgIpc) is 2.63. The van der Waals surface area contributed by atoms with Gasteiger partial charge >= 0.3 is 0 Å². The van der Waals surface area contributed by atoms with Gasteiger partial charge in [-0.3, -0.25) is 4.68 Å². The molecule has 0 aliphatic rings. The van der Waals surface area contributed by atoms with Crippen LogP contribution in [0.4, 0.5) is 0 Å². The van der Waals surface area contributed by atoms with Gasteiger partial charge in [-0.15, -0.1) is 0 Å². The summed E-state index contributed by atoms with van der Waals surface area (Å²) >= 11 is 6.36. The van der Waals surface area contributed by atoms with E-state index in [0.717, 1.165) is 29.4 Å². The minimum Gasteiger partial charge on any atom is -0.383 e. The van der Waals surface area contributed by atoms with Crippen molar-refractivity contribution in [2.75, 3.05) is 13.7 Å². The van der Waals surface area contributed by atoms with Gasteiger partial charge in [0, 0.05) is 25.7 Å². The van der Waals surface area contributed by atoms with E-state index in [1.165, 1.54) is 0 Å². The fraction of sp³-hybridized carbons (Fsp3) is 0.769. The smallest absolute Gasteiger partial charge is 0.0863 e. The average molecular weight is 274 g/mol. The molecular formula is C13H24ClN3O. The molecule has 4 nitrogen and oxygen atoms in total. The number of nitrogens with one attached hydrogen (secondary N) is 1. The van der Waals surface area contributed by atoms with Crippen LogP contribution in [0.3, 0.4) is 0 Å². The molecule has 0 saturated heterocycles. The molecule has 5 heteroatoms. The third kappa shape index (κ3) is 3.70. The second-order valence-corrected chi connectivity index (χ2v) is 5.43. The van der Waals surface area contributed by atoms with Crippen molar-refractivity contribution < 1.29 is 4.74 Å². The Morgan fingerprint density at radius 3 is 2.56 bits per heavy atom. The van der Waals surface area contributed by atoms with E-state index in [0.29, 0.717) is 13.2 Å². The summed E-state index contributed by atoms with van der Waals surface area (Å²) in [6, 6.07) is 0. The van der Waals surface area contributed by atoms with Crippen LogP contribution in [0.15, 0.2) is 0 Å². The monoisotopic (exact) mass is 273 g/mol. The number of halogens is 1. The summed E-state index contributed by atoms with van der Waals surface area (Å²) in [4.78, 5) is 0. The zero-order valence-corrected chi connectivity index (χ0v) is 12.8. The molecule has 0 saturated carbocycles. The first-order chi connectivity index (χ1) is 8.45. The van der Waals surface area contributed by atoms with E-state index in [2.05, 4.69) is 38.1 Å².